The maximum atomic E-state index is 10.7. The summed E-state index contributed by atoms with van der Waals surface area (Å²) >= 11 is 0. The maximum Gasteiger partial charge on any atom is 0.145 e. The van der Waals surface area contributed by atoms with E-state index >= 15 is 0 Å². The van der Waals surface area contributed by atoms with E-state index in [4.69, 9.17) is 9.72 Å². The van der Waals surface area contributed by atoms with Crippen LogP contribution in [0.3, 0.4) is 0 Å². The van der Waals surface area contributed by atoms with Gasteiger partial charge in [-0.15, -0.1) is 0 Å². The number of anilines is 1. The Labute approximate surface area is 156 Å². The molecule has 5 rings (SSSR count). The molecule has 0 saturated heterocycles. The highest BCUT2D eigenvalue weighted by Gasteiger charge is 2.29. The number of fused-ring (bicyclic) bond motifs is 5. The fourth-order valence-electron chi connectivity index (χ4n) is 3.74. The van der Waals surface area contributed by atoms with Crippen molar-refractivity contribution in [3.8, 4) is 22.9 Å². The summed E-state index contributed by atoms with van der Waals surface area (Å²) < 4.78 is 7.66. The minimum absolute atomic E-state index is 0.196. The molecule has 4 aromatic rings. The molecule has 2 heterocycles. The minimum Gasteiger partial charge on any atom is -0.507 e. The standard InChI is InChI=1S/C22H19N3O2/c1-2-27-14-11-12-16(20(26)13-14)22-23-17-8-4-3-7-15(17)21-24-18-9-5-6-10-19(18)25(21)22/h3-13,22-23,26H,2H2,1H3/t22-/m1/s1. The molecule has 134 valence electrons. The number of nitrogens with zero attached hydrogens (tertiary/aromatic N) is 2. The lowest BCUT2D eigenvalue weighted by atomic mass is 10.0. The number of hydrogen-bond acceptors (Lipinski definition) is 4. The molecule has 1 aliphatic heterocycles. The predicted octanol–water partition coefficient (Wildman–Crippen LogP) is 4.78. The Morgan fingerprint density at radius 3 is 2.74 bits per heavy atom. The number of benzene rings is 3. The zero-order valence-corrected chi connectivity index (χ0v) is 14.9. The van der Waals surface area contributed by atoms with Gasteiger partial charge in [-0.2, -0.15) is 0 Å². The van der Waals surface area contributed by atoms with Gasteiger partial charge in [0.2, 0.25) is 0 Å². The van der Waals surface area contributed by atoms with Gasteiger partial charge in [0.25, 0.3) is 0 Å². The number of phenolic OH excluding ortho intramolecular Hbond substituents is 1. The molecule has 27 heavy (non-hydrogen) atoms. The Morgan fingerprint density at radius 1 is 1.07 bits per heavy atom. The van der Waals surface area contributed by atoms with Crippen LogP contribution in [0.15, 0.2) is 66.7 Å². The Balaban J connectivity index is 1.74. The van der Waals surface area contributed by atoms with Crippen LogP contribution in [0.25, 0.3) is 22.4 Å². The van der Waals surface area contributed by atoms with Crippen LogP contribution in [0, 0.1) is 0 Å². The number of aromatic hydroxyl groups is 1. The number of imidazole rings is 1. The van der Waals surface area contributed by atoms with Crippen molar-refractivity contribution in [1.82, 2.24) is 9.55 Å². The van der Waals surface area contributed by atoms with Crippen LogP contribution in [0.1, 0.15) is 18.7 Å². The van der Waals surface area contributed by atoms with Crippen molar-refractivity contribution in [2.75, 3.05) is 11.9 Å². The van der Waals surface area contributed by atoms with E-state index in [2.05, 4.69) is 22.0 Å². The summed E-state index contributed by atoms with van der Waals surface area (Å²) in [7, 11) is 0. The van der Waals surface area contributed by atoms with Crippen LogP contribution >= 0.6 is 0 Å². The molecule has 1 aromatic heterocycles. The van der Waals surface area contributed by atoms with E-state index in [1.807, 2.05) is 55.5 Å². The highest BCUT2D eigenvalue weighted by atomic mass is 16.5. The van der Waals surface area contributed by atoms with Crippen molar-refractivity contribution >= 4 is 16.7 Å². The zero-order chi connectivity index (χ0) is 18.4. The summed E-state index contributed by atoms with van der Waals surface area (Å²) in [5.74, 6) is 1.75. The molecule has 0 aliphatic carbocycles. The van der Waals surface area contributed by atoms with Crippen molar-refractivity contribution in [3.05, 3.63) is 72.3 Å². The van der Waals surface area contributed by atoms with E-state index in [1.165, 1.54) is 0 Å². The molecule has 5 heteroatoms. The molecular formula is C22H19N3O2. The van der Waals surface area contributed by atoms with Gasteiger partial charge in [-0.25, -0.2) is 4.98 Å². The van der Waals surface area contributed by atoms with Gasteiger partial charge in [0.15, 0.2) is 0 Å². The van der Waals surface area contributed by atoms with Crippen LogP contribution in [-0.4, -0.2) is 21.3 Å². The Hall–Kier alpha value is -3.47. The van der Waals surface area contributed by atoms with Crippen molar-refractivity contribution in [2.45, 2.75) is 13.1 Å². The Bertz CT molecular complexity index is 1150. The van der Waals surface area contributed by atoms with Gasteiger partial charge < -0.3 is 15.2 Å². The molecule has 0 amide bonds. The Kier molecular flexibility index (Phi) is 3.53. The summed E-state index contributed by atoms with van der Waals surface area (Å²) in [4.78, 5) is 4.86. The number of nitrogens with one attached hydrogen (secondary N) is 1. The topological polar surface area (TPSA) is 59.3 Å². The fourth-order valence-corrected chi connectivity index (χ4v) is 3.74. The van der Waals surface area contributed by atoms with Gasteiger partial charge in [0.05, 0.1) is 17.6 Å². The molecule has 5 nitrogen and oxygen atoms in total. The van der Waals surface area contributed by atoms with Crippen molar-refractivity contribution < 1.29 is 9.84 Å². The molecule has 0 fully saturated rings. The van der Waals surface area contributed by atoms with E-state index in [-0.39, 0.29) is 11.9 Å². The third-order valence-corrected chi connectivity index (χ3v) is 4.92. The van der Waals surface area contributed by atoms with Crippen molar-refractivity contribution in [1.29, 1.82) is 0 Å². The van der Waals surface area contributed by atoms with E-state index in [9.17, 15) is 5.11 Å². The number of rotatable bonds is 3. The third-order valence-electron chi connectivity index (χ3n) is 4.92. The van der Waals surface area contributed by atoms with E-state index in [0.717, 1.165) is 33.7 Å². The molecule has 0 saturated carbocycles. The summed E-state index contributed by atoms with van der Waals surface area (Å²) in [5.41, 5.74) is 4.78. The smallest absolute Gasteiger partial charge is 0.145 e. The van der Waals surface area contributed by atoms with E-state index in [1.54, 1.807) is 6.07 Å². The van der Waals surface area contributed by atoms with Crippen LogP contribution in [-0.2, 0) is 0 Å². The molecule has 3 aromatic carbocycles. The second-order valence-corrected chi connectivity index (χ2v) is 6.54. The predicted molar refractivity (Wildman–Crippen MR) is 106 cm³/mol. The number of hydrogen-bond donors (Lipinski definition) is 2. The first-order valence-corrected chi connectivity index (χ1v) is 9.05. The van der Waals surface area contributed by atoms with Gasteiger partial charge >= 0.3 is 0 Å². The minimum atomic E-state index is -0.266. The molecule has 0 radical (unpaired) electrons. The average Bonchev–Trinajstić information content (AvgIpc) is 3.08. The Morgan fingerprint density at radius 2 is 1.89 bits per heavy atom. The monoisotopic (exact) mass is 357 g/mol. The average molecular weight is 357 g/mol. The van der Waals surface area contributed by atoms with Gasteiger partial charge in [-0.3, -0.25) is 4.57 Å². The lowest BCUT2D eigenvalue weighted by Gasteiger charge is -2.30. The summed E-state index contributed by atoms with van der Waals surface area (Å²) in [6.07, 6.45) is -0.266. The number of aromatic nitrogens is 2. The van der Waals surface area contributed by atoms with Gasteiger partial charge in [0.1, 0.15) is 23.5 Å². The molecule has 0 unspecified atom stereocenters. The van der Waals surface area contributed by atoms with Gasteiger partial charge in [-0.05, 0) is 43.3 Å². The first kappa shape index (κ1) is 15.8. The highest BCUT2D eigenvalue weighted by Crippen LogP contribution is 2.42. The quantitative estimate of drug-likeness (QED) is 0.554. The van der Waals surface area contributed by atoms with Gasteiger partial charge in [0, 0.05) is 22.9 Å². The van der Waals surface area contributed by atoms with Gasteiger partial charge in [-0.1, -0.05) is 24.3 Å². The van der Waals surface area contributed by atoms with E-state index in [0.29, 0.717) is 12.4 Å². The number of para-hydroxylation sites is 3. The maximum absolute atomic E-state index is 10.7. The molecule has 2 N–H and O–H groups in total. The molecule has 0 bridgehead atoms. The normalized spacial score (nSPS) is 15.1. The third kappa shape index (κ3) is 2.43. The van der Waals surface area contributed by atoms with Crippen LogP contribution in [0.5, 0.6) is 11.5 Å². The summed E-state index contributed by atoms with van der Waals surface area (Å²) in [5, 5.41) is 14.3. The molecular weight excluding hydrogens is 338 g/mol. The number of phenols is 1. The van der Waals surface area contributed by atoms with Crippen molar-refractivity contribution in [3.63, 3.8) is 0 Å². The zero-order valence-electron chi connectivity index (χ0n) is 14.9. The number of ether oxygens (including phenoxy) is 1. The van der Waals surface area contributed by atoms with Crippen LogP contribution in [0.2, 0.25) is 0 Å². The van der Waals surface area contributed by atoms with Crippen LogP contribution in [0.4, 0.5) is 5.69 Å². The second kappa shape index (κ2) is 6.06. The molecule has 1 atom stereocenters. The highest BCUT2D eigenvalue weighted by molar-refractivity contribution is 5.86. The fraction of sp³-hybridized carbons (Fsp3) is 0.136. The molecule has 0 spiro atoms. The lowest BCUT2D eigenvalue weighted by Crippen LogP contribution is -2.24. The first-order valence-electron chi connectivity index (χ1n) is 9.05. The van der Waals surface area contributed by atoms with E-state index < -0.39 is 0 Å². The molecule has 1 aliphatic rings. The second-order valence-electron chi connectivity index (χ2n) is 6.54. The largest absolute Gasteiger partial charge is 0.507 e. The van der Waals surface area contributed by atoms with Crippen molar-refractivity contribution in [2.24, 2.45) is 0 Å². The summed E-state index contributed by atoms with van der Waals surface area (Å²) in [6.45, 7) is 2.48. The first-order chi connectivity index (χ1) is 13.3. The lowest BCUT2D eigenvalue weighted by molar-refractivity contribution is 0.337. The summed E-state index contributed by atoms with van der Waals surface area (Å²) in [6, 6.07) is 21.6. The SMILES string of the molecule is CCOc1ccc([C@@H]2Nc3ccccc3-c3nc4ccccc4n32)c(O)c1. The van der Waals surface area contributed by atoms with Crippen LogP contribution < -0.4 is 10.1 Å².